The third-order valence-corrected chi connectivity index (χ3v) is 3.95. The standard InChI is InChI=1S/C21H32O5/c1-2-3-4-5-6-7-11-15-25-20(22)17-24-18-21(23)26-16-14-19-12-9-8-10-13-19/h8-10,12-13H,2-7,11,14-18H2,1H3. The van der Waals surface area contributed by atoms with E-state index in [1.807, 2.05) is 30.3 Å². The summed E-state index contributed by atoms with van der Waals surface area (Å²) >= 11 is 0. The number of rotatable bonds is 15. The molecule has 0 aromatic heterocycles. The van der Waals surface area contributed by atoms with E-state index in [9.17, 15) is 9.59 Å². The Labute approximate surface area is 157 Å². The normalized spacial score (nSPS) is 10.5. The molecule has 0 heterocycles. The predicted molar refractivity (Wildman–Crippen MR) is 101 cm³/mol. The Morgan fingerprint density at radius 1 is 0.769 bits per heavy atom. The zero-order valence-electron chi connectivity index (χ0n) is 15.9. The summed E-state index contributed by atoms with van der Waals surface area (Å²) in [6.07, 6.45) is 8.86. The molecule has 5 heteroatoms. The van der Waals surface area contributed by atoms with E-state index >= 15 is 0 Å². The maximum absolute atomic E-state index is 11.5. The molecule has 0 aliphatic rings. The first-order valence-electron chi connectivity index (χ1n) is 9.65. The summed E-state index contributed by atoms with van der Waals surface area (Å²) in [5, 5.41) is 0. The third kappa shape index (κ3) is 12.5. The van der Waals surface area contributed by atoms with Gasteiger partial charge >= 0.3 is 11.9 Å². The van der Waals surface area contributed by atoms with Gasteiger partial charge in [0.05, 0.1) is 13.2 Å². The predicted octanol–water partition coefficient (Wildman–Crippen LogP) is 4.08. The van der Waals surface area contributed by atoms with Crippen LogP contribution in [0.5, 0.6) is 0 Å². The molecular formula is C21H32O5. The summed E-state index contributed by atoms with van der Waals surface area (Å²) in [5.74, 6) is -0.908. The van der Waals surface area contributed by atoms with Crippen molar-refractivity contribution in [2.75, 3.05) is 26.4 Å². The van der Waals surface area contributed by atoms with Crippen molar-refractivity contribution in [2.24, 2.45) is 0 Å². The van der Waals surface area contributed by atoms with Crippen LogP contribution in [-0.4, -0.2) is 38.4 Å². The molecule has 1 aromatic carbocycles. The minimum atomic E-state index is -0.471. The van der Waals surface area contributed by atoms with E-state index in [1.54, 1.807) is 0 Å². The Morgan fingerprint density at radius 2 is 1.35 bits per heavy atom. The highest BCUT2D eigenvalue weighted by Gasteiger charge is 2.07. The highest BCUT2D eigenvalue weighted by atomic mass is 16.6. The highest BCUT2D eigenvalue weighted by molar-refractivity contribution is 5.73. The van der Waals surface area contributed by atoms with Crippen LogP contribution in [0.1, 0.15) is 57.4 Å². The van der Waals surface area contributed by atoms with Gasteiger partial charge in [0.2, 0.25) is 0 Å². The van der Waals surface area contributed by atoms with Crippen LogP contribution in [0.3, 0.4) is 0 Å². The molecule has 0 bridgehead atoms. The first-order valence-corrected chi connectivity index (χ1v) is 9.65. The van der Waals surface area contributed by atoms with E-state index < -0.39 is 11.9 Å². The quantitative estimate of drug-likeness (QED) is 0.347. The number of hydrogen-bond acceptors (Lipinski definition) is 5. The summed E-state index contributed by atoms with van der Waals surface area (Å²) in [6, 6.07) is 9.78. The molecule has 0 amide bonds. The minimum absolute atomic E-state index is 0.218. The number of unbranched alkanes of at least 4 members (excludes halogenated alkanes) is 6. The Balaban J connectivity index is 1.91. The molecule has 0 fully saturated rings. The smallest absolute Gasteiger partial charge is 0.332 e. The minimum Gasteiger partial charge on any atom is -0.464 e. The van der Waals surface area contributed by atoms with Crippen molar-refractivity contribution in [2.45, 2.75) is 58.3 Å². The van der Waals surface area contributed by atoms with Crippen LogP contribution >= 0.6 is 0 Å². The van der Waals surface area contributed by atoms with E-state index in [1.165, 1.54) is 32.1 Å². The molecule has 0 N–H and O–H groups in total. The van der Waals surface area contributed by atoms with Crippen molar-refractivity contribution in [3.63, 3.8) is 0 Å². The van der Waals surface area contributed by atoms with Crippen LogP contribution in [0, 0.1) is 0 Å². The van der Waals surface area contributed by atoms with E-state index in [0.717, 1.165) is 18.4 Å². The summed E-state index contributed by atoms with van der Waals surface area (Å²) in [5.41, 5.74) is 1.11. The summed E-state index contributed by atoms with van der Waals surface area (Å²) in [4.78, 5) is 23.0. The van der Waals surface area contributed by atoms with E-state index in [2.05, 4.69) is 6.92 Å². The van der Waals surface area contributed by atoms with Gasteiger partial charge in [-0.15, -0.1) is 0 Å². The van der Waals surface area contributed by atoms with Gasteiger partial charge in [-0.2, -0.15) is 0 Å². The SMILES string of the molecule is CCCCCCCCCOC(=O)COCC(=O)OCCc1ccccc1. The maximum Gasteiger partial charge on any atom is 0.332 e. The molecule has 0 atom stereocenters. The molecule has 1 aromatic rings. The van der Waals surface area contributed by atoms with Crippen molar-refractivity contribution < 1.29 is 23.8 Å². The second kappa shape index (κ2) is 15.4. The van der Waals surface area contributed by atoms with Crippen molar-refractivity contribution >= 4 is 11.9 Å². The van der Waals surface area contributed by atoms with Gasteiger partial charge in [0.25, 0.3) is 0 Å². The van der Waals surface area contributed by atoms with Crippen LogP contribution in [0.15, 0.2) is 30.3 Å². The Morgan fingerprint density at radius 3 is 2.00 bits per heavy atom. The molecule has 26 heavy (non-hydrogen) atoms. The largest absolute Gasteiger partial charge is 0.464 e. The molecule has 146 valence electrons. The monoisotopic (exact) mass is 364 g/mol. The lowest BCUT2D eigenvalue weighted by Crippen LogP contribution is -2.19. The second-order valence-corrected chi connectivity index (χ2v) is 6.29. The number of benzene rings is 1. The van der Waals surface area contributed by atoms with Crippen molar-refractivity contribution in [3.8, 4) is 0 Å². The maximum atomic E-state index is 11.5. The third-order valence-electron chi connectivity index (χ3n) is 3.95. The molecular weight excluding hydrogens is 332 g/mol. The van der Waals surface area contributed by atoms with Crippen LogP contribution in [0.25, 0.3) is 0 Å². The van der Waals surface area contributed by atoms with Gasteiger partial charge in [-0.05, 0) is 12.0 Å². The van der Waals surface area contributed by atoms with Crippen LogP contribution in [0.2, 0.25) is 0 Å². The van der Waals surface area contributed by atoms with E-state index in [-0.39, 0.29) is 13.2 Å². The lowest BCUT2D eigenvalue weighted by Gasteiger charge is -2.07. The van der Waals surface area contributed by atoms with Gasteiger partial charge in [0, 0.05) is 6.42 Å². The van der Waals surface area contributed by atoms with Crippen molar-refractivity contribution in [1.29, 1.82) is 0 Å². The Kier molecular flexibility index (Phi) is 13.1. The lowest BCUT2D eigenvalue weighted by atomic mass is 10.1. The summed E-state index contributed by atoms with van der Waals surface area (Å²) < 4.78 is 15.2. The van der Waals surface area contributed by atoms with Gasteiger partial charge in [-0.3, -0.25) is 0 Å². The Bertz CT molecular complexity index is 486. The highest BCUT2D eigenvalue weighted by Crippen LogP contribution is 2.06. The molecule has 0 spiro atoms. The number of carbonyl (C=O) groups excluding carboxylic acids is 2. The molecule has 5 nitrogen and oxygen atoms in total. The van der Waals surface area contributed by atoms with Gasteiger partial charge in [0.1, 0.15) is 13.2 Å². The molecule has 0 aliphatic heterocycles. The zero-order chi connectivity index (χ0) is 18.9. The van der Waals surface area contributed by atoms with Crippen LogP contribution < -0.4 is 0 Å². The summed E-state index contributed by atoms with van der Waals surface area (Å²) in [7, 11) is 0. The fraction of sp³-hybridized carbons (Fsp3) is 0.619. The molecule has 0 saturated heterocycles. The second-order valence-electron chi connectivity index (χ2n) is 6.29. The summed E-state index contributed by atoms with van der Waals surface area (Å²) in [6.45, 7) is 2.46. The van der Waals surface area contributed by atoms with Crippen molar-refractivity contribution in [1.82, 2.24) is 0 Å². The van der Waals surface area contributed by atoms with E-state index in [4.69, 9.17) is 14.2 Å². The van der Waals surface area contributed by atoms with Gasteiger partial charge < -0.3 is 14.2 Å². The van der Waals surface area contributed by atoms with E-state index in [0.29, 0.717) is 19.6 Å². The fourth-order valence-corrected chi connectivity index (χ4v) is 2.47. The first-order chi connectivity index (χ1) is 12.7. The van der Waals surface area contributed by atoms with Crippen LogP contribution in [0.4, 0.5) is 0 Å². The Hall–Kier alpha value is -1.88. The topological polar surface area (TPSA) is 61.8 Å². The molecule has 0 unspecified atom stereocenters. The number of ether oxygens (including phenoxy) is 3. The number of carbonyl (C=O) groups is 2. The van der Waals surface area contributed by atoms with Gasteiger partial charge in [-0.25, -0.2) is 9.59 Å². The molecule has 0 radical (unpaired) electrons. The van der Waals surface area contributed by atoms with Crippen molar-refractivity contribution in [3.05, 3.63) is 35.9 Å². The number of hydrogen-bond donors (Lipinski definition) is 0. The number of esters is 2. The lowest BCUT2D eigenvalue weighted by molar-refractivity contribution is -0.155. The van der Waals surface area contributed by atoms with Gasteiger partial charge in [0.15, 0.2) is 0 Å². The molecule has 0 aliphatic carbocycles. The fourth-order valence-electron chi connectivity index (χ4n) is 2.47. The molecule has 1 rings (SSSR count). The first kappa shape index (κ1) is 22.2. The molecule has 0 saturated carbocycles. The zero-order valence-corrected chi connectivity index (χ0v) is 15.9. The van der Waals surface area contributed by atoms with Gasteiger partial charge in [-0.1, -0.05) is 75.8 Å². The average Bonchev–Trinajstić information content (AvgIpc) is 2.65. The van der Waals surface area contributed by atoms with Crippen LogP contribution in [-0.2, 0) is 30.2 Å². The average molecular weight is 364 g/mol.